The normalized spacial score (nSPS) is 12.0. The average Bonchev–Trinajstić information content (AvgIpc) is 3.80. The van der Waals surface area contributed by atoms with Crippen molar-refractivity contribution >= 4 is 65.8 Å². The predicted octanol–water partition coefficient (Wildman–Crippen LogP) is 14.6. The van der Waals surface area contributed by atoms with E-state index in [9.17, 15) is 0 Å². The smallest absolute Gasteiger partial charge is 0.0708 e. The molecule has 5 rings (SSSR count). The minimum atomic E-state index is 1.14. The fourth-order valence-electron chi connectivity index (χ4n) is 6.42. The molecule has 0 aliphatic heterocycles. The summed E-state index contributed by atoms with van der Waals surface area (Å²) >= 11 is 8.11. The van der Waals surface area contributed by atoms with Gasteiger partial charge in [-0.1, -0.05) is 91.4 Å². The van der Waals surface area contributed by atoms with Gasteiger partial charge in [-0.3, -0.25) is 0 Å². The lowest BCUT2D eigenvalue weighted by molar-refractivity contribution is 0.571. The minimum Gasteiger partial charge on any atom is -0.339 e. The number of hydrogen-bond donors (Lipinski definition) is 0. The van der Waals surface area contributed by atoms with Gasteiger partial charge < -0.3 is 4.57 Å². The van der Waals surface area contributed by atoms with Crippen LogP contribution in [0.4, 0.5) is 0 Å². The second kappa shape index (κ2) is 16.2. The van der Waals surface area contributed by atoms with E-state index in [4.69, 9.17) is 0 Å². The van der Waals surface area contributed by atoms with Gasteiger partial charge in [0.1, 0.15) is 0 Å². The summed E-state index contributed by atoms with van der Waals surface area (Å²) in [6, 6.07) is 10.1. The van der Waals surface area contributed by atoms with Gasteiger partial charge in [0.15, 0.2) is 0 Å². The maximum absolute atomic E-state index is 2.68. The fraction of sp³-hybridized carbons (Fsp3) is 0.579. The van der Waals surface area contributed by atoms with E-state index in [1.54, 1.807) is 11.1 Å². The molecule has 0 unspecified atom stereocenters. The molecule has 0 atom stereocenters. The molecule has 0 bridgehead atoms. The lowest BCUT2D eigenvalue weighted by Crippen LogP contribution is -1.96. The van der Waals surface area contributed by atoms with Crippen molar-refractivity contribution in [1.82, 2.24) is 4.57 Å². The van der Waals surface area contributed by atoms with E-state index in [2.05, 4.69) is 63.5 Å². The van der Waals surface area contributed by atoms with E-state index >= 15 is 0 Å². The van der Waals surface area contributed by atoms with E-state index < -0.39 is 0 Å². The van der Waals surface area contributed by atoms with Crippen LogP contribution in [0.25, 0.3) is 39.9 Å². The summed E-state index contributed by atoms with van der Waals surface area (Å²) in [6.45, 7) is 12.7. The van der Waals surface area contributed by atoms with Crippen molar-refractivity contribution in [3.8, 4) is 19.5 Å². The van der Waals surface area contributed by atoms with Crippen molar-refractivity contribution in [2.24, 2.45) is 0 Å². The van der Waals surface area contributed by atoms with Crippen LogP contribution in [0.2, 0.25) is 0 Å². The van der Waals surface area contributed by atoms with Crippen molar-refractivity contribution < 1.29 is 0 Å². The van der Waals surface area contributed by atoms with E-state index in [0.717, 1.165) is 6.54 Å². The summed E-state index contributed by atoms with van der Waals surface area (Å²) in [5.74, 6) is 0. The maximum atomic E-state index is 2.68. The first kappa shape index (κ1) is 33.0. The standard InChI is InChI=1S/C38H53NS4/c1-6-9-12-15-16-19-22-39-31-25-35(33-23-29(27(4)40-33)20-17-13-10-7-2)42-37(31)38-32(39)26-36(43-38)34-24-30(28(5)41-34)21-18-14-11-8-3/h23-26H,6-22H2,1-5H3. The molecule has 0 aliphatic carbocycles. The molecular formula is C38H53NS4. The second-order valence-corrected chi connectivity index (χ2v) is 17.2. The van der Waals surface area contributed by atoms with Crippen LogP contribution < -0.4 is 0 Å². The molecule has 5 heteroatoms. The van der Waals surface area contributed by atoms with E-state index in [1.807, 2.05) is 45.3 Å². The third-order valence-corrected chi connectivity index (χ3v) is 14.1. The Kier molecular flexibility index (Phi) is 12.5. The molecule has 0 aromatic carbocycles. The number of nitrogens with zero attached hydrogens (tertiary/aromatic N) is 1. The molecule has 0 amide bonds. The van der Waals surface area contributed by atoms with Crippen molar-refractivity contribution in [1.29, 1.82) is 0 Å². The predicted molar refractivity (Wildman–Crippen MR) is 200 cm³/mol. The highest BCUT2D eigenvalue weighted by Gasteiger charge is 2.21. The van der Waals surface area contributed by atoms with Crippen LogP contribution in [0.3, 0.4) is 0 Å². The molecule has 43 heavy (non-hydrogen) atoms. The molecule has 5 aromatic heterocycles. The van der Waals surface area contributed by atoms with Gasteiger partial charge >= 0.3 is 0 Å². The van der Waals surface area contributed by atoms with Crippen LogP contribution in [-0.2, 0) is 19.4 Å². The van der Waals surface area contributed by atoms with Crippen molar-refractivity contribution in [2.45, 2.75) is 144 Å². The molecule has 0 saturated carbocycles. The number of aromatic nitrogens is 1. The quantitative estimate of drug-likeness (QED) is 0.0783. The van der Waals surface area contributed by atoms with Crippen molar-refractivity contribution in [3.05, 3.63) is 45.1 Å². The zero-order valence-corrected chi connectivity index (χ0v) is 30.7. The first-order chi connectivity index (χ1) is 21.0. The molecule has 5 aromatic rings. The summed E-state index contributed by atoms with van der Waals surface area (Å²) in [5, 5.41) is 0. The number of aryl methyl sites for hydroxylation is 5. The third-order valence-electron chi connectivity index (χ3n) is 9.07. The SMILES string of the molecule is CCCCCCCCn1c2cc(-c3cc(CCCCCC)c(C)s3)sc2c2sc(-c3cc(CCCCCC)c(C)s3)cc21. The van der Waals surface area contributed by atoms with E-state index in [1.165, 1.54) is 152 Å². The first-order valence-corrected chi connectivity index (χ1v) is 20.6. The lowest BCUT2D eigenvalue weighted by Gasteiger charge is -2.06. The van der Waals surface area contributed by atoms with Crippen molar-refractivity contribution in [2.75, 3.05) is 0 Å². The first-order valence-electron chi connectivity index (χ1n) is 17.3. The molecule has 234 valence electrons. The second-order valence-electron chi connectivity index (χ2n) is 12.6. The summed E-state index contributed by atoms with van der Waals surface area (Å²) in [7, 11) is 0. The average molecular weight is 652 g/mol. The highest BCUT2D eigenvalue weighted by Crippen LogP contribution is 2.48. The summed E-state index contributed by atoms with van der Waals surface area (Å²) in [4.78, 5) is 8.91. The van der Waals surface area contributed by atoms with Gasteiger partial charge in [-0.05, 0) is 81.3 Å². The van der Waals surface area contributed by atoms with Gasteiger partial charge in [0.25, 0.3) is 0 Å². The lowest BCUT2D eigenvalue weighted by atomic mass is 10.1. The molecule has 0 aliphatic rings. The topological polar surface area (TPSA) is 4.93 Å². The number of hydrogen-bond acceptors (Lipinski definition) is 4. The molecule has 5 heterocycles. The van der Waals surface area contributed by atoms with Gasteiger partial charge in [-0.15, -0.1) is 45.3 Å². The molecule has 0 N–H and O–H groups in total. The van der Waals surface area contributed by atoms with Crippen LogP contribution in [-0.4, -0.2) is 4.57 Å². The monoisotopic (exact) mass is 651 g/mol. The Morgan fingerprint density at radius 1 is 0.465 bits per heavy atom. The zero-order chi connectivity index (χ0) is 30.2. The molecule has 0 fully saturated rings. The molecule has 0 saturated heterocycles. The Morgan fingerprint density at radius 2 is 0.860 bits per heavy atom. The summed E-state index contributed by atoms with van der Waals surface area (Å²) in [6.07, 6.45) is 21.2. The van der Waals surface area contributed by atoms with E-state index in [-0.39, 0.29) is 0 Å². The maximum Gasteiger partial charge on any atom is 0.0708 e. The summed E-state index contributed by atoms with van der Waals surface area (Å²) < 4.78 is 5.70. The van der Waals surface area contributed by atoms with Gasteiger partial charge in [0, 0.05) is 35.8 Å². The highest BCUT2D eigenvalue weighted by atomic mass is 32.1. The largest absolute Gasteiger partial charge is 0.339 e. The molecule has 0 radical (unpaired) electrons. The number of rotatable bonds is 19. The van der Waals surface area contributed by atoms with Crippen LogP contribution in [0, 0.1) is 13.8 Å². The van der Waals surface area contributed by atoms with Crippen LogP contribution >= 0.6 is 45.3 Å². The number of fused-ring (bicyclic) bond motifs is 3. The van der Waals surface area contributed by atoms with Gasteiger partial charge in [-0.25, -0.2) is 0 Å². The molecule has 0 spiro atoms. The molecular weight excluding hydrogens is 599 g/mol. The zero-order valence-electron chi connectivity index (χ0n) is 27.4. The van der Waals surface area contributed by atoms with E-state index in [0.29, 0.717) is 0 Å². The Labute approximate surface area is 277 Å². The van der Waals surface area contributed by atoms with Crippen LogP contribution in [0.1, 0.15) is 132 Å². The Balaban J connectivity index is 1.43. The highest BCUT2D eigenvalue weighted by molar-refractivity contribution is 7.32. The van der Waals surface area contributed by atoms with Crippen LogP contribution in [0.15, 0.2) is 24.3 Å². The Bertz CT molecular complexity index is 1460. The summed E-state index contributed by atoms with van der Waals surface area (Å²) in [5.41, 5.74) is 6.09. The van der Waals surface area contributed by atoms with Gasteiger partial charge in [0.2, 0.25) is 0 Å². The Morgan fingerprint density at radius 3 is 1.33 bits per heavy atom. The third kappa shape index (κ3) is 8.07. The number of thiophene rings is 4. The fourth-order valence-corrected chi connectivity index (χ4v) is 11.2. The van der Waals surface area contributed by atoms with Gasteiger partial charge in [0.05, 0.1) is 20.4 Å². The van der Waals surface area contributed by atoms with Gasteiger partial charge in [-0.2, -0.15) is 0 Å². The van der Waals surface area contributed by atoms with Crippen LogP contribution in [0.5, 0.6) is 0 Å². The number of unbranched alkanes of at least 4 members (excludes halogenated alkanes) is 11. The van der Waals surface area contributed by atoms with Crippen molar-refractivity contribution in [3.63, 3.8) is 0 Å². The minimum absolute atomic E-state index is 1.14. The molecule has 1 nitrogen and oxygen atoms in total. The Hall–Kier alpha value is -1.40.